The molecule has 7 heteroatoms. The fourth-order valence-corrected chi connectivity index (χ4v) is 2.83. The van der Waals surface area contributed by atoms with Crippen molar-refractivity contribution in [2.45, 2.75) is 13.5 Å². The lowest BCUT2D eigenvalue weighted by molar-refractivity contribution is 0.0912. The number of carbonyl (C=O) groups excluding carboxylic acids is 2. The van der Waals surface area contributed by atoms with E-state index in [2.05, 4.69) is 0 Å². The quantitative estimate of drug-likeness (QED) is 0.922. The van der Waals surface area contributed by atoms with Crippen LogP contribution in [-0.2, 0) is 18.4 Å². The largest absolute Gasteiger partial charge is 0.505 e. The first-order valence-corrected chi connectivity index (χ1v) is 7.49. The van der Waals surface area contributed by atoms with Crippen molar-refractivity contribution in [3.05, 3.63) is 58.4 Å². The molecule has 0 spiro atoms. The van der Waals surface area contributed by atoms with Crippen molar-refractivity contribution >= 4 is 11.6 Å². The molecule has 1 N–H and O–H groups in total. The predicted molar refractivity (Wildman–Crippen MR) is 86.3 cm³/mol. The van der Waals surface area contributed by atoms with Gasteiger partial charge in [0.1, 0.15) is 18.1 Å². The van der Waals surface area contributed by atoms with Crippen LogP contribution in [0.2, 0.25) is 0 Å². The lowest BCUT2D eigenvalue weighted by Crippen LogP contribution is -2.20. The van der Waals surface area contributed by atoms with Gasteiger partial charge in [-0.05, 0) is 19.1 Å². The molecule has 25 heavy (non-hydrogen) atoms. The Morgan fingerprint density at radius 3 is 2.64 bits per heavy atom. The molecule has 0 bridgehead atoms. The second-order valence-electron chi connectivity index (χ2n) is 5.65. The SMILES string of the molecule is COC1=CC(=O)c2c(c(COc3ccc(O)c(F)c3)c(C)n2C)C1=O. The minimum atomic E-state index is -0.805. The predicted octanol–water partition coefficient (Wildman–Crippen LogP) is 2.67. The lowest BCUT2D eigenvalue weighted by Gasteiger charge is -2.13. The van der Waals surface area contributed by atoms with Gasteiger partial charge in [0.05, 0.1) is 12.7 Å². The van der Waals surface area contributed by atoms with Gasteiger partial charge in [-0.3, -0.25) is 9.59 Å². The number of ketones is 2. The summed E-state index contributed by atoms with van der Waals surface area (Å²) >= 11 is 0. The number of ether oxygens (including phenoxy) is 2. The number of Topliss-reactive ketones (excluding diaryl/α,β-unsaturated/α-hetero) is 1. The van der Waals surface area contributed by atoms with Gasteiger partial charge in [-0.25, -0.2) is 4.39 Å². The molecule has 0 unspecified atom stereocenters. The molecule has 130 valence electrons. The third kappa shape index (κ3) is 2.67. The summed E-state index contributed by atoms with van der Waals surface area (Å²) in [5, 5.41) is 9.22. The Hall–Kier alpha value is -3.09. The highest BCUT2D eigenvalue weighted by molar-refractivity contribution is 6.24. The molecule has 0 amide bonds. The number of allylic oxidation sites excluding steroid dienone is 2. The number of rotatable bonds is 4. The summed E-state index contributed by atoms with van der Waals surface area (Å²) in [6, 6.07) is 3.64. The molecule has 1 aromatic carbocycles. The minimum absolute atomic E-state index is 0.0278. The first kappa shape index (κ1) is 16.8. The average Bonchev–Trinajstić information content (AvgIpc) is 2.84. The molecule has 0 fully saturated rings. The minimum Gasteiger partial charge on any atom is -0.505 e. The van der Waals surface area contributed by atoms with Gasteiger partial charge in [0.2, 0.25) is 11.6 Å². The summed E-state index contributed by atoms with van der Waals surface area (Å²) in [6.45, 7) is 1.73. The molecule has 0 saturated heterocycles. The zero-order chi connectivity index (χ0) is 18.3. The Morgan fingerprint density at radius 1 is 1.28 bits per heavy atom. The number of carbonyl (C=O) groups is 2. The van der Waals surface area contributed by atoms with Gasteiger partial charge < -0.3 is 19.1 Å². The maximum Gasteiger partial charge on any atom is 0.230 e. The highest BCUT2D eigenvalue weighted by Gasteiger charge is 2.34. The number of benzene rings is 1. The van der Waals surface area contributed by atoms with E-state index >= 15 is 0 Å². The lowest BCUT2D eigenvalue weighted by atomic mass is 9.96. The number of phenols is 1. The van der Waals surface area contributed by atoms with E-state index in [4.69, 9.17) is 9.47 Å². The number of aromatic nitrogens is 1. The Labute approximate surface area is 143 Å². The van der Waals surface area contributed by atoms with Crippen LogP contribution in [-0.4, -0.2) is 28.3 Å². The van der Waals surface area contributed by atoms with Crippen molar-refractivity contribution in [1.82, 2.24) is 4.57 Å². The second kappa shape index (κ2) is 6.08. The van der Waals surface area contributed by atoms with Crippen LogP contribution in [0.25, 0.3) is 0 Å². The van der Waals surface area contributed by atoms with Crippen molar-refractivity contribution in [3.8, 4) is 11.5 Å². The van der Waals surface area contributed by atoms with Gasteiger partial charge in [0.15, 0.2) is 17.3 Å². The zero-order valence-electron chi connectivity index (χ0n) is 13.9. The summed E-state index contributed by atoms with van der Waals surface area (Å²) in [4.78, 5) is 24.9. The first-order valence-electron chi connectivity index (χ1n) is 7.49. The van der Waals surface area contributed by atoms with Crippen molar-refractivity contribution in [3.63, 3.8) is 0 Å². The van der Waals surface area contributed by atoms with E-state index < -0.39 is 17.3 Å². The van der Waals surface area contributed by atoms with E-state index in [1.54, 1.807) is 18.5 Å². The van der Waals surface area contributed by atoms with Crippen LogP contribution >= 0.6 is 0 Å². The number of methoxy groups -OCH3 is 1. The number of phenolic OH excluding ortho intramolecular Hbond substituents is 1. The van der Waals surface area contributed by atoms with Gasteiger partial charge in [-0.15, -0.1) is 0 Å². The van der Waals surface area contributed by atoms with Gasteiger partial charge in [0, 0.05) is 30.4 Å². The number of hydrogen-bond donors (Lipinski definition) is 1. The summed E-state index contributed by atoms with van der Waals surface area (Å²) < 4.78 is 25.6. The van der Waals surface area contributed by atoms with Gasteiger partial charge in [-0.1, -0.05) is 0 Å². The van der Waals surface area contributed by atoms with Crippen LogP contribution in [0.3, 0.4) is 0 Å². The van der Waals surface area contributed by atoms with E-state index in [0.29, 0.717) is 11.3 Å². The van der Waals surface area contributed by atoms with Crippen molar-refractivity contribution < 1.29 is 28.6 Å². The van der Waals surface area contributed by atoms with Gasteiger partial charge in [-0.2, -0.15) is 0 Å². The normalized spacial score (nSPS) is 13.5. The molecular formula is C18H16FNO5. The number of fused-ring (bicyclic) bond motifs is 1. The molecule has 1 aliphatic rings. The molecule has 3 rings (SSSR count). The molecule has 1 aromatic heterocycles. The van der Waals surface area contributed by atoms with E-state index in [0.717, 1.165) is 6.07 Å². The first-order chi connectivity index (χ1) is 11.8. The summed E-state index contributed by atoms with van der Waals surface area (Å²) in [5.74, 6) is -1.82. The summed E-state index contributed by atoms with van der Waals surface area (Å²) in [5.41, 5.74) is 1.74. The number of aromatic hydroxyl groups is 1. The van der Waals surface area contributed by atoms with E-state index in [1.807, 2.05) is 0 Å². The van der Waals surface area contributed by atoms with Crippen molar-refractivity contribution in [2.24, 2.45) is 7.05 Å². The van der Waals surface area contributed by atoms with Crippen LogP contribution in [0.1, 0.15) is 32.1 Å². The Kier molecular flexibility index (Phi) is 4.08. The molecule has 0 saturated carbocycles. The molecule has 0 atom stereocenters. The van der Waals surface area contributed by atoms with Crippen LogP contribution in [0.15, 0.2) is 30.0 Å². The van der Waals surface area contributed by atoms with Crippen LogP contribution in [0, 0.1) is 12.7 Å². The number of hydrogen-bond acceptors (Lipinski definition) is 5. The van der Waals surface area contributed by atoms with E-state index in [9.17, 15) is 19.1 Å². The highest BCUT2D eigenvalue weighted by atomic mass is 19.1. The van der Waals surface area contributed by atoms with Gasteiger partial charge >= 0.3 is 0 Å². The standard InChI is InChI=1S/C18H16FNO5/c1-9-11(8-25-10-4-5-13(21)12(19)6-10)16-17(20(9)2)14(22)7-15(24-3)18(16)23/h4-7,21H,8H2,1-3H3. The third-order valence-electron chi connectivity index (χ3n) is 4.28. The fraction of sp³-hybridized carbons (Fsp3) is 0.222. The summed E-state index contributed by atoms with van der Waals surface area (Å²) in [6.07, 6.45) is 1.17. The van der Waals surface area contributed by atoms with Crippen LogP contribution in [0.4, 0.5) is 4.39 Å². The molecule has 1 aliphatic carbocycles. The molecule has 0 aliphatic heterocycles. The van der Waals surface area contributed by atoms with Crippen molar-refractivity contribution in [2.75, 3.05) is 7.11 Å². The third-order valence-corrected chi connectivity index (χ3v) is 4.28. The molecule has 6 nitrogen and oxygen atoms in total. The van der Waals surface area contributed by atoms with Gasteiger partial charge in [0.25, 0.3) is 0 Å². The molecule has 1 heterocycles. The smallest absolute Gasteiger partial charge is 0.230 e. The van der Waals surface area contributed by atoms with E-state index in [1.165, 1.54) is 25.3 Å². The average molecular weight is 345 g/mol. The molecular weight excluding hydrogens is 329 g/mol. The van der Waals surface area contributed by atoms with Crippen LogP contribution in [0.5, 0.6) is 11.5 Å². The maximum absolute atomic E-state index is 13.4. The molecule has 2 aromatic rings. The fourth-order valence-electron chi connectivity index (χ4n) is 2.83. The number of nitrogens with zero attached hydrogens (tertiary/aromatic N) is 1. The van der Waals surface area contributed by atoms with Crippen LogP contribution < -0.4 is 4.74 Å². The van der Waals surface area contributed by atoms with E-state index in [-0.39, 0.29) is 35.2 Å². The van der Waals surface area contributed by atoms with Crippen molar-refractivity contribution in [1.29, 1.82) is 0 Å². The Morgan fingerprint density at radius 2 is 2.00 bits per heavy atom. The highest BCUT2D eigenvalue weighted by Crippen LogP contribution is 2.30. The second-order valence-corrected chi connectivity index (χ2v) is 5.65. The zero-order valence-corrected chi connectivity index (χ0v) is 13.9. The monoisotopic (exact) mass is 345 g/mol. The Bertz CT molecular complexity index is 926. The maximum atomic E-state index is 13.4. The Balaban J connectivity index is 1.98. The topological polar surface area (TPSA) is 77.8 Å². The summed E-state index contributed by atoms with van der Waals surface area (Å²) in [7, 11) is 3.02. The number of halogens is 1. The molecule has 0 radical (unpaired) electrons.